The van der Waals surface area contributed by atoms with Crippen molar-refractivity contribution >= 4 is 48.2 Å². The van der Waals surface area contributed by atoms with Gasteiger partial charge >= 0.3 is 0 Å². The maximum atomic E-state index is 10.0. The van der Waals surface area contributed by atoms with E-state index in [-0.39, 0.29) is 31.6 Å². The number of hydrogen-bond acceptors (Lipinski definition) is 5. The first-order valence-electron chi connectivity index (χ1n) is 9.44. The summed E-state index contributed by atoms with van der Waals surface area (Å²) in [7, 11) is 0. The number of rotatable bonds is 2. The first-order valence-corrected chi connectivity index (χ1v) is 10.3. The number of hydrogen-bond donors (Lipinski definition) is 1. The summed E-state index contributed by atoms with van der Waals surface area (Å²) in [5.41, 5.74) is 3.05. The van der Waals surface area contributed by atoms with Gasteiger partial charge in [-0.25, -0.2) is 11.3 Å². The van der Waals surface area contributed by atoms with Gasteiger partial charge in [0.2, 0.25) is 0 Å². The Kier molecular flexibility index (Phi) is 7.29. The molecule has 157 valence electrons. The number of aromatic nitrogens is 2. The molecular formula is C25H19IrN2O2S-. The van der Waals surface area contributed by atoms with Crippen LogP contribution >= 0.6 is 11.3 Å². The maximum absolute atomic E-state index is 10.0. The third kappa shape index (κ3) is 4.88. The number of aliphatic hydroxyl groups is 1. The van der Waals surface area contributed by atoms with E-state index in [9.17, 15) is 4.79 Å². The summed E-state index contributed by atoms with van der Waals surface area (Å²) >= 11 is 1.76. The average Bonchev–Trinajstić information content (AvgIpc) is 3.12. The molecule has 0 saturated heterocycles. The van der Waals surface area contributed by atoms with Gasteiger partial charge in [-0.1, -0.05) is 42.5 Å². The molecule has 2 aromatic carbocycles. The SMILES string of the molecule is CC(=O)/C=C(/C)O.[Ir].[c-]1cnc2c(sc3ccccc32)c1-c1nccc2ccccc12. The van der Waals surface area contributed by atoms with Crippen LogP contribution in [-0.2, 0) is 24.9 Å². The molecule has 4 nitrogen and oxygen atoms in total. The van der Waals surface area contributed by atoms with Gasteiger partial charge in [-0.15, -0.1) is 5.56 Å². The third-order valence-corrected chi connectivity index (χ3v) is 5.70. The van der Waals surface area contributed by atoms with Crippen LogP contribution in [0.4, 0.5) is 0 Å². The Balaban J connectivity index is 0.000000299. The van der Waals surface area contributed by atoms with Crippen LogP contribution in [0.2, 0.25) is 0 Å². The van der Waals surface area contributed by atoms with E-state index >= 15 is 0 Å². The molecule has 0 spiro atoms. The van der Waals surface area contributed by atoms with Crippen molar-refractivity contribution in [2.45, 2.75) is 13.8 Å². The van der Waals surface area contributed by atoms with E-state index in [0.717, 1.165) is 26.9 Å². The van der Waals surface area contributed by atoms with E-state index in [2.05, 4.69) is 64.6 Å². The standard InChI is InChI=1S/C20H11N2S.C5H8O2.Ir/c1-2-6-14-13(5-1)9-11-21-18(14)16-10-12-22-19-15-7-3-4-8-17(15)23-20(16)19;1-4(6)3-5(2)7;/h1-9,11-12H;3,6H,1-2H3;/q-1;;/b;4-3-;. The van der Waals surface area contributed by atoms with Gasteiger partial charge < -0.3 is 10.1 Å². The normalized spacial score (nSPS) is 11.1. The molecule has 3 heterocycles. The Hall–Kier alpha value is -2.92. The predicted octanol–water partition coefficient (Wildman–Crippen LogP) is 6.50. The van der Waals surface area contributed by atoms with Crippen molar-refractivity contribution in [3.05, 3.63) is 84.9 Å². The number of thiophene rings is 1. The van der Waals surface area contributed by atoms with Gasteiger partial charge in [0.25, 0.3) is 0 Å². The van der Waals surface area contributed by atoms with E-state index in [1.165, 1.54) is 35.4 Å². The molecule has 0 aliphatic heterocycles. The van der Waals surface area contributed by atoms with Crippen molar-refractivity contribution in [2.75, 3.05) is 0 Å². The minimum absolute atomic E-state index is 0. The topological polar surface area (TPSA) is 63.1 Å². The Bertz CT molecular complexity index is 1400. The Morgan fingerprint density at radius 1 is 1.00 bits per heavy atom. The molecular weight excluding hydrogens is 585 g/mol. The largest absolute Gasteiger partial charge is 0.512 e. The molecule has 1 N–H and O–H groups in total. The molecule has 0 unspecified atom stereocenters. The van der Waals surface area contributed by atoms with Crippen molar-refractivity contribution in [1.29, 1.82) is 0 Å². The quantitative estimate of drug-likeness (QED) is 0.142. The van der Waals surface area contributed by atoms with Gasteiger partial charge in [-0.05, 0) is 53.3 Å². The molecule has 0 aliphatic carbocycles. The minimum atomic E-state index is -0.125. The number of aliphatic hydroxyl groups excluding tert-OH is 1. The van der Waals surface area contributed by atoms with E-state index in [0.29, 0.717) is 0 Å². The summed E-state index contributed by atoms with van der Waals surface area (Å²) in [5.74, 6) is -0.0625. The second-order valence-electron chi connectivity index (χ2n) is 6.83. The van der Waals surface area contributed by atoms with E-state index in [4.69, 9.17) is 5.11 Å². The van der Waals surface area contributed by atoms with Crippen molar-refractivity contribution in [3.63, 3.8) is 0 Å². The molecule has 1 radical (unpaired) electrons. The Morgan fingerprint density at radius 2 is 1.71 bits per heavy atom. The second kappa shape index (κ2) is 9.92. The first kappa shape index (κ1) is 22.8. The zero-order valence-electron chi connectivity index (χ0n) is 16.9. The first-order chi connectivity index (χ1) is 14.5. The third-order valence-electron chi connectivity index (χ3n) is 4.52. The molecule has 0 fully saturated rings. The molecule has 0 aliphatic rings. The fourth-order valence-corrected chi connectivity index (χ4v) is 4.50. The Morgan fingerprint density at radius 3 is 2.42 bits per heavy atom. The van der Waals surface area contributed by atoms with Gasteiger partial charge in [0.15, 0.2) is 5.78 Å². The van der Waals surface area contributed by atoms with Crippen LogP contribution in [0.1, 0.15) is 13.8 Å². The van der Waals surface area contributed by atoms with Gasteiger partial charge in [0.05, 0.1) is 5.76 Å². The molecule has 0 amide bonds. The summed E-state index contributed by atoms with van der Waals surface area (Å²) in [6.45, 7) is 2.85. The van der Waals surface area contributed by atoms with E-state index < -0.39 is 0 Å². The smallest absolute Gasteiger partial charge is 0.155 e. The molecule has 31 heavy (non-hydrogen) atoms. The number of nitrogens with zero attached hydrogens (tertiary/aromatic N) is 2. The predicted molar refractivity (Wildman–Crippen MR) is 124 cm³/mol. The van der Waals surface area contributed by atoms with Crippen molar-refractivity contribution in [3.8, 4) is 11.3 Å². The summed E-state index contributed by atoms with van der Waals surface area (Å²) in [4.78, 5) is 19.2. The summed E-state index contributed by atoms with van der Waals surface area (Å²) < 4.78 is 2.40. The number of carbonyl (C=O) groups is 1. The van der Waals surface area contributed by atoms with Crippen molar-refractivity contribution in [2.24, 2.45) is 0 Å². The maximum Gasteiger partial charge on any atom is 0.155 e. The fourth-order valence-electron chi connectivity index (χ4n) is 3.35. The van der Waals surface area contributed by atoms with Crippen LogP contribution in [0.5, 0.6) is 0 Å². The molecule has 0 saturated carbocycles. The van der Waals surface area contributed by atoms with Crippen LogP contribution < -0.4 is 0 Å². The van der Waals surface area contributed by atoms with E-state index in [1.807, 2.05) is 12.3 Å². The van der Waals surface area contributed by atoms with Crippen LogP contribution in [0.15, 0.2) is 78.8 Å². The summed E-state index contributed by atoms with van der Waals surface area (Å²) in [6, 6.07) is 22.1. The van der Waals surface area contributed by atoms with Gasteiger partial charge in [0.1, 0.15) is 0 Å². The van der Waals surface area contributed by atoms with Gasteiger partial charge in [0, 0.05) is 48.0 Å². The average molecular weight is 604 g/mol. The van der Waals surface area contributed by atoms with Crippen LogP contribution in [-0.4, -0.2) is 20.9 Å². The number of benzene rings is 2. The summed E-state index contributed by atoms with van der Waals surface area (Å²) in [5, 5.41) is 11.9. The van der Waals surface area contributed by atoms with Gasteiger partial charge in [-0.2, -0.15) is 6.07 Å². The summed E-state index contributed by atoms with van der Waals surface area (Å²) in [6.07, 6.45) is 4.80. The zero-order valence-corrected chi connectivity index (χ0v) is 20.1. The zero-order chi connectivity index (χ0) is 21.1. The molecule has 5 rings (SSSR count). The molecule has 3 aromatic heterocycles. The van der Waals surface area contributed by atoms with Crippen LogP contribution in [0, 0.1) is 6.07 Å². The second-order valence-corrected chi connectivity index (χ2v) is 7.88. The number of carbonyl (C=O) groups excluding carboxylic acids is 1. The van der Waals surface area contributed by atoms with Crippen LogP contribution in [0.25, 0.3) is 42.3 Å². The monoisotopic (exact) mass is 604 g/mol. The fraction of sp³-hybridized carbons (Fsp3) is 0.0800. The number of pyridine rings is 2. The van der Waals surface area contributed by atoms with Crippen molar-refractivity contribution in [1.82, 2.24) is 9.97 Å². The number of fused-ring (bicyclic) bond motifs is 4. The molecule has 5 aromatic rings. The minimum Gasteiger partial charge on any atom is -0.512 e. The molecule has 0 bridgehead atoms. The number of allylic oxidation sites excluding steroid dienone is 2. The van der Waals surface area contributed by atoms with E-state index in [1.54, 1.807) is 17.5 Å². The van der Waals surface area contributed by atoms with Crippen LogP contribution in [0.3, 0.4) is 0 Å². The van der Waals surface area contributed by atoms with Crippen molar-refractivity contribution < 1.29 is 30.0 Å². The molecule has 6 heteroatoms. The Labute approximate surface area is 197 Å². The number of ketones is 1. The van der Waals surface area contributed by atoms with Gasteiger partial charge in [-0.3, -0.25) is 9.78 Å². The molecule has 0 atom stereocenters.